The van der Waals surface area contributed by atoms with E-state index in [1.165, 1.54) is 5.56 Å². The highest BCUT2D eigenvalue weighted by Gasteiger charge is 2.29. The van der Waals surface area contributed by atoms with Gasteiger partial charge in [0.2, 0.25) is 0 Å². The molecule has 3 N–H and O–H groups in total. The predicted molar refractivity (Wildman–Crippen MR) is 74.7 cm³/mol. The van der Waals surface area contributed by atoms with E-state index in [0.29, 0.717) is 6.54 Å². The number of aliphatic hydroxyl groups excluding tert-OH is 1. The Kier molecular flexibility index (Phi) is 6.33. The second kappa shape index (κ2) is 7.52. The average molecular weight is 251 g/mol. The highest BCUT2D eigenvalue weighted by Crippen LogP contribution is 2.29. The van der Waals surface area contributed by atoms with Gasteiger partial charge in [-0.2, -0.15) is 0 Å². The molecule has 3 nitrogen and oxygen atoms in total. The molecule has 0 spiro atoms. The molecule has 0 fully saturated rings. The molecule has 0 aliphatic carbocycles. The molecule has 0 bridgehead atoms. The van der Waals surface area contributed by atoms with Crippen LogP contribution in [0.3, 0.4) is 0 Å². The summed E-state index contributed by atoms with van der Waals surface area (Å²) >= 11 is 0. The third-order valence-electron chi connectivity index (χ3n) is 3.61. The maximum Gasteiger partial charge on any atom is 0.0540 e. The van der Waals surface area contributed by atoms with Crippen molar-refractivity contribution in [2.75, 3.05) is 26.9 Å². The molecule has 1 unspecified atom stereocenters. The molecule has 0 aliphatic heterocycles. The van der Waals surface area contributed by atoms with Crippen molar-refractivity contribution in [1.29, 1.82) is 0 Å². The monoisotopic (exact) mass is 251 g/mol. The summed E-state index contributed by atoms with van der Waals surface area (Å²) < 4.78 is 5.05. The average Bonchev–Trinajstić information content (AvgIpc) is 2.41. The Morgan fingerprint density at radius 3 is 2.39 bits per heavy atom. The van der Waals surface area contributed by atoms with Crippen LogP contribution >= 0.6 is 0 Å². The lowest BCUT2D eigenvalue weighted by Crippen LogP contribution is -2.38. The largest absolute Gasteiger partial charge is 0.395 e. The van der Waals surface area contributed by atoms with Crippen molar-refractivity contribution in [3.05, 3.63) is 35.4 Å². The third kappa shape index (κ3) is 3.80. The standard InChI is InChI=1S/C15H25NO2/c1-13-5-7-14(8-6-13)15(11-16,12-17)9-3-4-10-18-2/h5-8,17H,3-4,9-12,16H2,1-2H3. The molecule has 0 amide bonds. The number of aryl methyl sites for hydroxylation is 1. The molecule has 1 rings (SSSR count). The summed E-state index contributed by atoms with van der Waals surface area (Å²) in [6, 6.07) is 8.30. The number of nitrogens with two attached hydrogens (primary N) is 1. The van der Waals surface area contributed by atoms with Gasteiger partial charge in [-0.15, -0.1) is 0 Å². The van der Waals surface area contributed by atoms with E-state index in [4.69, 9.17) is 10.5 Å². The molecule has 18 heavy (non-hydrogen) atoms. The smallest absolute Gasteiger partial charge is 0.0540 e. The van der Waals surface area contributed by atoms with E-state index in [2.05, 4.69) is 31.2 Å². The van der Waals surface area contributed by atoms with Gasteiger partial charge in [-0.3, -0.25) is 0 Å². The van der Waals surface area contributed by atoms with Crippen molar-refractivity contribution < 1.29 is 9.84 Å². The molecule has 1 atom stereocenters. The summed E-state index contributed by atoms with van der Waals surface area (Å²) in [7, 11) is 1.71. The minimum absolute atomic E-state index is 0.0968. The first-order chi connectivity index (χ1) is 8.68. The van der Waals surface area contributed by atoms with Gasteiger partial charge in [-0.05, 0) is 25.3 Å². The van der Waals surface area contributed by atoms with Crippen LogP contribution in [0.2, 0.25) is 0 Å². The normalized spacial score (nSPS) is 14.4. The van der Waals surface area contributed by atoms with E-state index in [9.17, 15) is 5.11 Å². The predicted octanol–water partition coefficient (Wildman–Crippen LogP) is 2.00. The van der Waals surface area contributed by atoms with E-state index in [-0.39, 0.29) is 12.0 Å². The molecule has 0 heterocycles. The van der Waals surface area contributed by atoms with Crippen LogP contribution in [0.15, 0.2) is 24.3 Å². The Morgan fingerprint density at radius 1 is 1.22 bits per heavy atom. The quantitative estimate of drug-likeness (QED) is 0.695. The molecule has 1 aromatic rings. The van der Waals surface area contributed by atoms with Crippen LogP contribution < -0.4 is 5.73 Å². The molecule has 0 aromatic heterocycles. The zero-order valence-electron chi connectivity index (χ0n) is 11.5. The summed E-state index contributed by atoms with van der Waals surface area (Å²) in [6.07, 6.45) is 2.91. The molecule has 0 saturated carbocycles. The van der Waals surface area contributed by atoms with Gasteiger partial charge in [0.15, 0.2) is 0 Å². The molecular weight excluding hydrogens is 226 g/mol. The Bertz CT molecular complexity index is 331. The number of benzene rings is 1. The lowest BCUT2D eigenvalue weighted by Gasteiger charge is -2.31. The fourth-order valence-electron chi connectivity index (χ4n) is 2.22. The zero-order valence-corrected chi connectivity index (χ0v) is 11.5. The molecule has 102 valence electrons. The van der Waals surface area contributed by atoms with E-state index in [1.807, 2.05) is 0 Å². The fourth-order valence-corrected chi connectivity index (χ4v) is 2.22. The van der Waals surface area contributed by atoms with Crippen LogP contribution in [-0.4, -0.2) is 32.0 Å². The van der Waals surface area contributed by atoms with Crippen LogP contribution in [0.5, 0.6) is 0 Å². The molecule has 0 saturated heterocycles. The third-order valence-corrected chi connectivity index (χ3v) is 3.61. The van der Waals surface area contributed by atoms with E-state index in [1.54, 1.807) is 7.11 Å². The van der Waals surface area contributed by atoms with Crippen LogP contribution in [0, 0.1) is 6.92 Å². The van der Waals surface area contributed by atoms with Gasteiger partial charge in [0.25, 0.3) is 0 Å². The van der Waals surface area contributed by atoms with E-state index < -0.39 is 0 Å². The zero-order chi connectivity index (χ0) is 13.4. The van der Waals surface area contributed by atoms with Gasteiger partial charge < -0.3 is 15.6 Å². The minimum atomic E-state index is -0.304. The van der Waals surface area contributed by atoms with E-state index >= 15 is 0 Å². The van der Waals surface area contributed by atoms with Crippen molar-refractivity contribution in [3.63, 3.8) is 0 Å². The fraction of sp³-hybridized carbons (Fsp3) is 0.600. The molecule has 0 radical (unpaired) electrons. The van der Waals surface area contributed by atoms with Crippen LogP contribution in [0.4, 0.5) is 0 Å². The Balaban J connectivity index is 2.75. The number of aliphatic hydroxyl groups is 1. The maximum atomic E-state index is 9.74. The molecular formula is C15H25NO2. The SMILES string of the molecule is COCCCCC(CN)(CO)c1ccc(C)cc1. The minimum Gasteiger partial charge on any atom is -0.395 e. The number of ether oxygens (including phenoxy) is 1. The topological polar surface area (TPSA) is 55.5 Å². The van der Waals surface area contributed by atoms with Gasteiger partial charge in [0.05, 0.1) is 6.61 Å². The van der Waals surface area contributed by atoms with Crippen molar-refractivity contribution >= 4 is 0 Å². The van der Waals surface area contributed by atoms with E-state index in [0.717, 1.165) is 31.4 Å². The van der Waals surface area contributed by atoms with Crippen molar-refractivity contribution in [3.8, 4) is 0 Å². The molecule has 1 aromatic carbocycles. The Labute approximate surface area is 110 Å². The first-order valence-corrected chi connectivity index (χ1v) is 6.55. The van der Waals surface area contributed by atoms with Crippen LogP contribution in [0.1, 0.15) is 30.4 Å². The first-order valence-electron chi connectivity index (χ1n) is 6.55. The van der Waals surface area contributed by atoms with Gasteiger partial charge in [-0.25, -0.2) is 0 Å². The number of methoxy groups -OCH3 is 1. The highest BCUT2D eigenvalue weighted by atomic mass is 16.5. The van der Waals surface area contributed by atoms with Crippen molar-refractivity contribution in [1.82, 2.24) is 0 Å². The number of hydrogen-bond acceptors (Lipinski definition) is 3. The van der Waals surface area contributed by atoms with Crippen LogP contribution in [-0.2, 0) is 10.2 Å². The first kappa shape index (κ1) is 15.2. The number of hydrogen-bond donors (Lipinski definition) is 2. The molecule has 0 aliphatic rings. The summed E-state index contributed by atoms with van der Waals surface area (Å²) in [4.78, 5) is 0. The Hall–Kier alpha value is -0.900. The second-order valence-electron chi connectivity index (χ2n) is 4.96. The van der Waals surface area contributed by atoms with Gasteiger partial charge in [0, 0.05) is 25.7 Å². The van der Waals surface area contributed by atoms with Crippen molar-refractivity contribution in [2.24, 2.45) is 5.73 Å². The summed E-state index contributed by atoms with van der Waals surface area (Å²) in [5, 5.41) is 9.74. The lowest BCUT2D eigenvalue weighted by molar-refractivity contribution is 0.167. The number of rotatable bonds is 8. The number of unbranched alkanes of at least 4 members (excludes halogenated alkanes) is 1. The second-order valence-corrected chi connectivity index (χ2v) is 4.96. The summed E-state index contributed by atoms with van der Waals surface area (Å²) in [5.41, 5.74) is 7.97. The van der Waals surface area contributed by atoms with Crippen molar-refractivity contribution in [2.45, 2.75) is 31.6 Å². The highest BCUT2D eigenvalue weighted by molar-refractivity contribution is 5.29. The lowest BCUT2D eigenvalue weighted by atomic mass is 9.77. The molecule has 3 heteroatoms. The summed E-state index contributed by atoms with van der Waals surface area (Å²) in [5.74, 6) is 0. The Morgan fingerprint density at radius 2 is 1.89 bits per heavy atom. The van der Waals surface area contributed by atoms with Crippen LogP contribution in [0.25, 0.3) is 0 Å². The van der Waals surface area contributed by atoms with Gasteiger partial charge in [0.1, 0.15) is 0 Å². The van der Waals surface area contributed by atoms with Gasteiger partial charge >= 0.3 is 0 Å². The summed E-state index contributed by atoms with van der Waals surface area (Å²) in [6.45, 7) is 3.39. The van der Waals surface area contributed by atoms with Gasteiger partial charge in [-0.1, -0.05) is 36.2 Å². The maximum absolute atomic E-state index is 9.74.